The van der Waals surface area contributed by atoms with Crippen molar-refractivity contribution in [3.63, 3.8) is 0 Å². The van der Waals surface area contributed by atoms with Crippen molar-refractivity contribution in [2.45, 2.75) is 26.1 Å². The van der Waals surface area contributed by atoms with E-state index in [2.05, 4.69) is 64.5 Å². The van der Waals surface area contributed by atoms with Crippen LogP contribution in [-0.4, -0.2) is 47.8 Å². The van der Waals surface area contributed by atoms with Crippen molar-refractivity contribution in [1.29, 1.82) is 0 Å². The Bertz CT molecular complexity index is 1160. The Morgan fingerprint density at radius 1 is 1.08 bits per heavy atom. The highest BCUT2D eigenvalue weighted by Crippen LogP contribution is 2.22. The number of carbonyl (C=O) groups excluding carboxylic acids is 1. The molecule has 194 valence electrons. The summed E-state index contributed by atoms with van der Waals surface area (Å²) < 4.78 is 31.7. The normalized spacial score (nSPS) is 11.4. The molecular weight excluding hydrogens is 475 g/mol. The number of hydrogen-bond acceptors (Lipinski definition) is 5. The highest BCUT2D eigenvalue weighted by Gasteiger charge is 2.38. The maximum atomic E-state index is 11.6. The second-order valence-corrected chi connectivity index (χ2v) is 7.78. The number of alkyl halides is 3. The summed E-state index contributed by atoms with van der Waals surface area (Å²) >= 11 is 0. The second-order valence-electron chi connectivity index (χ2n) is 7.78. The van der Waals surface area contributed by atoms with Crippen LogP contribution in [0.3, 0.4) is 0 Å². The summed E-state index contributed by atoms with van der Waals surface area (Å²) in [7, 11) is 0. The third-order valence-corrected chi connectivity index (χ3v) is 5.04. The number of nitrogens with one attached hydrogen (secondary N) is 4. The first kappa shape index (κ1) is 28.6. The zero-order valence-electron chi connectivity index (χ0n) is 19.8. The van der Waals surface area contributed by atoms with E-state index in [0.717, 1.165) is 25.1 Å². The van der Waals surface area contributed by atoms with E-state index >= 15 is 0 Å². The predicted octanol–water partition coefficient (Wildman–Crippen LogP) is 3.03. The van der Waals surface area contributed by atoms with E-state index in [1.54, 1.807) is 6.08 Å². The number of carboxylic acids is 1. The van der Waals surface area contributed by atoms with Crippen LogP contribution in [0.25, 0.3) is 17.0 Å². The smallest absolute Gasteiger partial charge is 0.475 e. The molecule has 11 heteroatoms. The van der Waals surface area contributed by atoms with Gasteiger partial charge in [0.15, 0.2) is 0 Å². The van der Waals surface area contributed by atoms with Crippen molar-refractivity contribution >= 4 is 28.9 Å². The first-order valence-corrected chi connectivity index (χ1v) is 11.2. The lowest BCUT2D eigenvalue weighted by atomic mass is 10.1. The average molecular weight is 506 g/mol. The fourth-order valence-corrected chi connectivity index (χ4v) is 3.28. The highest BCUT2D eigenvalue weighted by atomic mass is 19.4. The monoisotopic (exact) mass is 505 g/mol. The average Bonchev–Trinajstić information content (AvgIpc) is 3.16. The molecule has 0 aliphatic rings. The van der Waals surface area contributed by atoms with E-state index in [1.807, 2.05) is 12.1 Å². The van der Waals surface area contributed by atoms with Crippen molar-refractivity contribution in [2.75, 3.05) is 19.6 Å². The first-order valence-electron chi connectivity index (χ1n) is 11.2. The van der Waals surface area contributed by atoms with Gasteiger partial charge in [-0.15, -0.1) is 0 Å². The maximum Gasteiger partial charge on any atom is 0.490 e. The number of H-pyrrole nitrogens is 1. The summed E-state index contributed by atoms with van der Waals surface area (Å²) in [6, 6.07) is 16.6. The summed E-state index contributed by atoms with van der Waals surface area (Å²) in [4.78, 5) is 24.0. The van der Waals surface area contributed by atoms with Crippen molar-refractivity contribution < 1.29 is 27.9 Å². The number of carbonyl (C=O) groups is 2. The number of hydrazine groups is 1. The second kappa shape index (κ2) is 14.0. The number of fused-ring (bicyclic) bond motifs is 1. The third kappa shape index (κ3) is 9.53. The van der Waals surface area contributed by atoms with Gasteiger partial charge >= 0.3 is 12.1 Å². The molecule has 0 spiro atoms. The predicted molar refractivity (Wildman–Crippen MR) is 133 cm³/mol. The Balaban J connectivity index is 0.000000572. The van der Waals surface area contributed by atoms with Gasteiger partial charge in [0, 0.05) is 42.3 Å². The molecule has 0 saturated carbocycles. The van der Waals surface area contributed by atoms with Crippen LogP contribution in [0.1, 0.15) is 22.4 Å². The first-order chi connectivity index (χ1) is 17.1. The molecule has 0 radical (unpaired) electrons. The lowest BCUT2D eigenvalue weighted by Crippen LogP contribution is -2.39. The number of para-hydroxylation sites is 1. The lowest BCUT2D eigenvalue weighted by molar-refractivity contribution is -0.192. The molecule has 0 fully saturated rings. The number of carboxylic acid groups (broad SMARTS) is 1. The van der Waals surface area contributed by atoms with Crippen LogP contribution in [0, 0.1) is 6.92 Å². The standard InChI is InChI=1S/C23H29N5O.C2HF3O2/c1-17-20(21-4-2-3-5-22(21)27-17)12-14-25-16-19-8-6-18(7-9-19)10-11-23(29)28-26-15-13-24;3-2(4,5)1(6)7/h2-11,25-27H,12-16,24H2,1H3,(H,28,29);(H,6,7)/b11-10+;. The molecule has 1 aromatic heterocycles. The molecule has 0 atom stereocenters. The van der Waals surface area contributed by atoms with Crippen LogP contribution >= 0.6 is 0 Å². The number of aromatic nitrogens is 1. The Hall–Kier alpha value is -3.67. The molecule has 0 aliphatic carbocycles. The number of amides is 1. The third-order valence-electron chi connectivity index (χ3n) is 5.04. The minimum Gasteiger partial charge on any atom is -0.475 e. The van der Waals surface area contributed by atoms with E-state index in [0.29, 0.717) is 13.1 Å². The fraction of sp³-hybridized carbons (Fsp3) is 0.280. The van der Waals surface area contributed by atoms with Crippen LogP contribution in [0.4, 0.5) is 13.2 Å². The summed E-state index contributed by atoms with van der Waals surface area (Å²) in [6.07, 6.45) is -0.805. The number of hydrogen-bond donors (Lipinski definition) is 6. The molecule has 0 aliphatic heterocycles. The molecule has 1 heterocycles. The molecule has 8 nitrogen and oxygen atoms in total. The molecule has 0 unspecified atom stereocenters. The van der Waals surface area contributed by atoms with Crippen molar-refractivity contribution in [1.82, 2.24) is 21.2 Å². The molecule has 2 aromatic carbocycles. The van der Waals surface area contributed by atoms with Gasteiger partial charge in [-0.25, -0.2) is 10.2 Å². The quantitative estimate of drug-likeness (QED) is 0.143. The Kier molecular flexibility index (Phi) is 11.1. The number of aliphatic carboxylic acids is 1. The van der Waals surface area contributed by atoms with Crippen molar-refractivity contribution in [2.24, 2.45) is 5.73 Å². The Morgan fingerprint density at radius 3 is 2.39 bits per heavy atom. The number of aryl methyl sites for hydroxylation is 1. The van der Waals surface area contributed by atoms with E-state index in [-0.39, 0.29) is 5.91 Å². The van der Waals surface area contributed by atoms with Gasteiger partial charge in [-0.2, -0.15) is 13.2 Å². The van der Waals surface area contributed by atoms with Crippen LogP contribution in [-0.2, 0) is 22.6 Å². The van der Waals surface area contributed by atoms with Crippen molar-refractivity contribution in [3.05, 3.63) is 77.0 Å². The molecule has 7 N–H and O–H groups in total. The van der Waals surface area contributed by atoms with Crippen LogP contribution in [0.15, 0.2) is 54.6 Å². The summed E-state index contributed by atoms with van der Waals surface area (Å²) in [5, 5.41) is 12.0. The topological polar surface area (TPSA) is 132 Å². The lowest BCUT2D eigenvalue weighted by Gasteiger charge is -2.06. The van der Waals surface area contributed by atoms with E-state index in [9.17, 15) is 18.0 Å². The zero-order valence-corrected chi connectivity index (χ0v) is 19.8. The number of rotatable bonds is 10. The van der Waals surface area contributed by atoms with Gasteiger partial charge < -0.3 is 21.1 Å². The number of benzene rings is 2. The highest BCUT2D eigenvalue weighted by molar-refractivity contribution is 5.91. The molecule has 0 bridgehead atoms. The SMILES string of the molecule is Cc1[nH]c2ccccc2c1CCNCc1ccc(/C=C/C(=O)NNCCN)cc1.O=C(O)C(F)(F)F. The Labute approximate surface area is 206 Å². The van der Waals surface area contributed by atoms with Crippen LogP contribution in [0.5, 0.6) is 0 Å². The molecular formula is C25H30F3N5O3. The molecule has 3 rings (SSSR count). The largest absolute Gasteiger partial charge is 0.490 e. The number of aromatic amines is 1. The van der Waals surface area contributed by atoms with Gasteiger partial charge in [0.2, 0.25) is 0 Å². The van der Waals surface area contributed by atoms with E-state index in [4.69, 9.17) is 15.6 Å². The number of halogens is 3. The summed E-state index contributed by atoms with van der Waals surface area (Å²) in [5.41, 5.74) is 16.7. The van der Waals surface area contributed by atoms with E-state index in [1.165, 1.54) is 33.8 Å². The number of nitrogens with two attached hydrogens (primary N) is 1. The van der Waals surface area contributed by atoms with Gasteiger partial charge in [-0.1, -0.05) is 42.5 Å². The van der Waals surface area contributed by atoms with Gasteiger partial charge in [-0.3, -0.25) is 10.2 Å². The summed E-state index contributed by atoms with van der Waals surface area (Å²) in [5.74, 6) is -2.95. The summed E-state index contributed by atoms with van der Waals surface area (Å²) in [6.45, 7) is 4.88. The molecule has 36 heavy (non-hydrogen) atoms. The Morgan fingerprint density at radius 2 is 1.75 bits per heavy atom. The minimum absolute atomic E-state index is 0.197. The molecule has 1 amide bonds. The fourth-order valence-electron chi connectivity index (χ4n) is 3.28. The maximum absolute atomic E-state index is 11.6. The zero-order chi connectivity index (χ0) is 26.6. The minimum atomic E-state index is -5.08. The van der Waals surface area contributed by atoms with Crippen LogP contribution < -0.4 is 21.9 Å². The van der Waals surface area contributed by atoms with Gasteiger partial charge in [0.25, 0.3) is 5.91 Å². The van der Waals surface area contributed by atoms with Crippen LogP contribution in [0.2, 0.25) is 0 Å². The van der Waals surface area contributed by atoms with Crippen molar-refractivity contribution in [3.8, 4) is 0 Å². The molecule has 0 saturated heterocycles. The molecule has 3 aromatic rings. The van der Waals surface area contributed by atoms with Gasteiger partial charge in [0.05, 0.1) is 0 Å². The van der Waals surface area contributed by atoms with E-state index < -0.39 is 12.1 Å². The van der Waals surface area contributed by atoms with Gasteiger partial charge in [0.1, 0.15) is 0 Å². The van der Waals surface area contributed by atoms with Gasteiger partial charge in [-0.05, 0) is 48.7 Å².